The van der Waals surface area contributed by atoms with Crippen molar-refractivity contribution in [2.45, 2.75) is 11.8 Å². The number of nitrogens with one attached hydrogen (secondary N) is 1. The van der Waals surface area contributed by atoms with Gasteiger partial charge in [-0.3, -0.25) is 0 Å². The highest BCUT2D eigenvalue weighted by Crippen LogP contribution is 2.19. The molecule has 1 aromatic heterocycles. The molecule has 0 saturated carbocycles. The summed E-state index contributed by atoms with van der Waals surface area (Å²) in [6, 6.07) is 6.30. The predicted molar refractivity (Wildman–Crippen MR) is 68.4 cm³/mol. The van der Waals surface area contributed by atoms with Gasteiger partial charge in [0.15, 0.2) is 0 Å². The minimum Gasteiger partial charge on any atom is -0.399 e. The summed E-state index contributed by atoms with van der Waals surface area (Å²) in [7, 11) is -3.72. The summed E-state index contributed by atoms with van der Waals surface area (Å²) in [5.74, 6) is 0.0272. The van der Waals surface area contributed by atoms with Crippen LogP contribution in [-0.4, -0.2) is 18.4 Å². The third-order valence-corrected chi connectivity index (χ3v) is 3.76. The Morgan fingerprint density at radius 2 is 1.89 bits per heavy atom. The molecule has 0 fully saturated rings. The molecule has 18 heavy (non-hydrogen) atoms. The number of hydrogen-bond donors (Lipinski definition) is 2. The Kier molecular flexibility index (Phi) is 3.15. The molecule has 6 nitrogen and oxygen atoms in total. The molecule has 0 bridgehead atoms. The van der Waals surface area contributed by atoms with Gasteiger partial charge < -0.3 is 5.73 Å². The number of nitrogens with two attached hydrogens (primary N) is 1. The largest absolute Gasteiger partial charge is 0.399 e. The van der Waals surface area contributed by atoms with Crippen molar-refractivity contribution in [3.05, 3.63) is 42.2 Å². The minimum atomic E-state index is -3.72. The van der Waals surface area contributed by atoms with Crippen LogP contribution in [0.2, 0.25) is 0 Å². The molecule has 1 aromatic carbocycles. The van der Waals surface area contributed by atoms with E-state index in [0.717, 1.165) is 0 Å². The van der Waals surface area contributed by atoms with Gasteiger partial charge in [0.2, 0.25) is 5.95 Å². The molecule has 0 atom stereocenters. The first-order valence-corrected chi connectivity index (χ1v) is 6.63. The van der Waals surface area contributed by atoms with Gasteiger partial charge in [-0.1, -0.05) is 6.07 Å². The van der Waals surface area contributed by atoms with Crippen molar-refractivity contribution in [2.75, 3.05) is 10.5 Å². The van der Waals surface area contributed by atoms with Crippen LogP contribution in [0.15, 0.2) is 41.6 Å². The van der Waals surface area contributed by atoms with E-state index in [2.05, 4.69) is 14.7 Å². The van der Waals surface area contributed by atoms with Crippen molar-refractivity contribution in [1.82, 2.24) is 9.97 Å². The number of nitrogens with zero attached hydrogens (tertiary/aromatic N) is 2. The maximum Gasteiger partial charge on any atom is 0.264 e. The molecule has 94 valence electrons. The zero-order chi connectivity index (χ0) is 13.2. The third kappa shape index (κ3) is 2.57. The van der Waals surface area contributed by atoms with Gasteiger partial charge >= 0.3 is 0 Å². The van der Waals surface area contributed by atoms with E-state index in [4.69, 9.17) is 5.73 Å². The second-order valence-corrected chi connectivity index (χ2v) is 5.35. The third-order valence-electron chi connectivity index (χ3n) is 2.29. The zero-order valence-corrected chi connectivity index (χ0v) is 10.5. The molecular formula is C11H12N4O2S. The molecule has 0 aliphatic carbocycles. The van der Waals surface area contributed by atoms with Gasteiger partial charge in [-0.15, -0.1) is 0 Å². The van der Waals surface area contributed by atoms with Crippen molar-refractivity contribution in [3.8, 4) is 0 Å². The highest BCUT2D eigenvalue weighted by atomic mass is 32.2. The Labute approximate surface area is 105 Å². The van der Waals surface area contributed by atoms with Crippen LogP contribution in [0.1, 0.15) is 5.56 Å². The Balaban J connectivity index is 2.40. The first-order valence-electron chi connectivity index (χ1n) is 5.15. The van der Waals surface area contributed by atoms with Gasteiger partial charge in [-0.05, 0) is 30.7 Å². The summed E-state index contributed by atoms with van der Waals surface area (Å²) in [5, 5.41) is 0. The first kappa shape index (κ1) is 12.3. The lowest BCUT2D eigenvalue weighted by Crippen LogP contribution is -2.16. The predicted octanol–water partition coefficient (Wildman–Crippen LogP) is 1.17. The van der Waals surface area contributed by atoms with Crippen LogP contribution in [0.4, 0.5) is 11.6 Å². The van der Waals surface area contributed by atoms with Crippen molar-refractivity contribution in [1.29, 1.82) is 0 Å². The molecule has 7 heteroatoms. The molecule has 0 spiro atoms. The molecule has 0 radical (unpaired) electrons. The summed E-state index contributed by atoms with van der Waals surface area (Å²) in [4.78, 5) is 7.74. The van der Waals surface area contributed by atoms with Crippen molar-refractivity contribution in [2.24, 2.45) is 0 Å². The summed E-state index contributed by atoms with van der Waals surface area (Å²) in [6.07, 6.45) is 2.91. The topological polar surface area (TPSA) is 98.0 Å². The standard InChI is InChI=1S/C11H12N4O2S/c1-8-3-4-9(12)7-10(8)18(16,17)15-11-13-5-2-6-14-11/h2-7H,12H2,1H3,(H,13,14,15). The van der Waals surface area contributed by atoms with Crippen LogP contribution in [0, 0.1) is 6.92 Å². The molecule has 0 aliphatic rings. The quantitative estimate of drug-likeness (QED) is 0.811. The molecule has 0 saturated heterocycles. The van der Waals surface area contributed by atoms with E-state index in [0.29, 0.717) is 11.3 Å². The van der Waals surface area contributed by atoms with Crippen LogP contribution >= 0.6 is 0 Å². The fourth-order valence-electron chi connectivity index (χ4n) is 1.43. The highest BCUT2D eigenvalue weighted by molar-refractivity contribution is 7.92. The van der Waals surface area contributed by atoms with Gasteiger partial charge in [-0.2, -0.15) is 0 Å². The summed E-state index contributed by atoms with van der Waals surface area (Å²) in [6.45, 7) is 1.69. The van der Waals surface area contributed by atoms with Crippen LogP contribution in [-0.2, 0) is 10.0 Å². The lowest BCUT2D eigenvalue weighted by atomic mass is 10.2. The number of aryl methyl sites for hydroxylation is 1. The van der Waals surface area contributed by atoms with Gasteiger partial charge in [0, 0.05) is 18.1 Å². The molecule has 3 N–H and O–H groups in total. The lowest BCUT2D eigenvalue weighted by Gasteiger charge is -2.09. The Bertz CT molecular complexity index is 656. The number of nitrogen functional groups attached to an aromatic ring is 1. The van der Waals surface area contributed by atoms with Gasteiger partial charge in [-0.25, -0.2) is 23.1 Å². The SMILES string of the molecule is Cc1ccc(N)cc1S(=O)(=O)Nc1ncccn1. The van der Waals surface area contributed by atoms with Crippen LogP contribution in [0.25, 0.3) is 0 Å². The molecule has 0 amide bonds. The summed E-state index contributed by atoms with van der Waals surface area (Å²) < 4.78 is 26.6. The molecule has 0 aliphatic heterocycles. The average molecular weight is 264 g/mol. The maximum absolute atomic E-state index is 12.1. The van der Waals surface area contributed by atoms with E-state index < -0.39 is 10.0 Å². The van der Waals surface area contributed by atoms with Gasteiger partial charge in [0.05, 0.1) is 4.90 Å². The van der Waals surface area contributed by atoms with E-state index in [1.165, 1.54) is 18.5 Å². The monoisotopic (exact) mass is 264 g/mol. The number of sulfonamides is 1. The Hall–Kier alpha value is -2.15. The molecular weight excluding hydrogens is 252 g/mol. The van der Waals surface area contributed by atoms with Crippen molar-refractivity contribution >= 4 is 21.7 Å². The smallest absolute Gasteiger partial charge is 0.264 e. The van der Waals surface area contributed by atoms with E-state index in [1.807, 2.05) is 0 Å². The minimum absolute atomic E-state index is 0.0272. The average Bonchev–Trinajstić information content (AvgIpc) is 2.33. The van der Waals surface area contributed by atoms with E-state index >= 15 is 0 Å². The fraction of sp³-hybridized carbons (Fsp3) is 0.0909. The normalized spacial score (nSPS) is 11.2. The molecule has 0 unspecified atom stereocenters. The number of aromatic nitrogens is 2. The second-order valence-electron chi connectivity index (χ2n) is 3.70. The molecule has 2 rings (SSSR count). The van der Waals surface area contributed by atoms with Crippen LogP contribution in [0.3, 0.4) is 0 Å². The fourth-order valence-corrected chi connectivity index (χ4v) is 2.67. The summed E-state index contributed by atoms with van der Waals surface area (Å²) >= 11 is 0. The van der Waals surface area contributed by atoms with Crippen molar-refractivity contribution in [3.63, 3.8) is 0 Å². The first-order chi connectivity index (χ1) is 8.49. The van der Waals surface area contributed by atoms with Gasteiger partial charge in [0.25, 0.3) is 10.0 Å². The number of benzene rings is 1. The van der Waals surface area contributed by atoms with Crippen molar-refractivity contribution < 1.29 is 8.42 Å². The van der Waals surface area contributed by atoms with E-state index in [-0.39, 0.29) is 10.8 Å². The number of hydrogen-bond acceptors (Lipinski definition) is 5. The second kappa shape index (κ2) is 4.61. The highest BCUT2D eigenvalue weighted by Gasteiger charge is 2.18. The van der Waals surface area contributed by atoms with Gasteiger partial charge in [0.1, 0.15) is 0 Å². The van der Waals surface area contributed by atoms with E-state index in [1.54, 1.807) is 25.1 Å². The maximum atomic E-state index is 12.1. The molecule has 2 aromatic rings. The Morgan fingerprint density at radius 1 is 1.22 bits per heavy atom. The van der Waals surface area contributed by atoms with E-state index in [9.17, 15) is 8.42 Å². The number of rotatable bonds is 3. The van der Waals surface area contributed by atoms with Crippen LogP contribution < -0.4 is 10.5 Å². The lowest BCUT2D eigenvalue weighted by molar-refractivity contribution is 0.600. The molecule has 1 heterocycles. The van der Waals surface area contributed by atoms with Crippen LogP contribution in [0.5, 0.6) is 0 Å². The Morgan fingerprint density at radius 3 is 2.56 bits per heavy atom. The number of anilines is 2. The summed E-state index contributed by atoms with van der Waals surface area (Å²) in [5.41, 5.74) is 6.58. The zero-order valence-electron chi connectivity index (χ0n) is 9.66.